The first-order valence-corrected chi connectivity index (χ1v) is 9.97. The predicted molar refractivity (Wildman–Crippen MR) is 113 cm³/mol. The van der Waals surface area contributed by atoms with Gasteiger partial charge in [-0.25, -0.2) is 4.39 Å². The second-order valence-corrected chi connectivity index (χ2v) is 7.95. The number of likely N-dealkylation sites (N-methyl/N-ethyl adjacent to an activating group) is 1. The van der Waals surface area contributed by atoms with Gasteiger partial charge in [0.1, 0.15) is 11.9 Å². The lowest BCUT2D eigenvalue weighted by molar-refractivity contribution is -0.116. The number of carbonyl (C=O) groups is 1. The maximum absolute atomic E-state index is 14.1. The van der Waals surface area contributed by atoms with Crippen LogP contribution in [0.4, 0.5) is 21.5 Å². The van der Waals surface area contributed by atoms with Gasteiger partial charge in [-0.05, 0) is 43.8 Å². The Kier molecular flexibility index (Phi) is 5.43. The lowest BCUT2D eigenvalue weighted by Crippen LogP contribution is -2.53. The van der Waals surface area contributed by atoms with E-state index < -0.39 is 6.04 Å². The number of aryl methyl sites for hydroxylation is 1. The molecule has 0 spiro atoms. The van der Waals surface area contributed by atoms with Gasteiger partial charge >= 0.3 is 0 Å². The minimum Gasteiger partial charge on any atom is -0.394 e. The fourth-order valence-corrected chi connectivity index (χ4v) is 4.23. The number of rotatable bonds is 4. The van der Waals surface area contributed by atoms with Gasteiger partial charge in [0.2, 0.25) is 5.91 Å². The third kappa shape index (κ3) is 3.93. The smallest absolute Gasteiger partial charge is 0.247 e. The molecular formula is C22H27FN4O2. The number of hydrogen-bond acceptors (Lipinski definition) is 5. The van der Waals surface area contributed by atoms with Crippen molar-refractivity contribution < 1.29 is 14.3 Å². The number of anilines is 3. The zero-order valence-corrected chi connectivity index (χ0v) is 16.8. The second-order valence-electron chi connectivity index (χ2n) is 7.95. The Morgan fingerprint density at radius 1 is 1.31 bits per heavy atom. The van der Waals surface area contributed by atoms with Crippen molar-refractivity contribution in [2.45, 2.75) is 25.4 Å². The average molecular weight is 398 g/mol. The van der Waals surface area contributed by atoms with Crippen LogP contribution in [0.5, 0.6) is 0 Å². The molecule has 0 bridgehead atoms. The molecule has 1 amide bonds. The standard InChI is InChI=1S/C22H27FN4O2/c1-14-6-7-19(23)18-11-20(25-21(14)18)22(29)24-15-4-3-5-16(10-15)27-9-8-26(2)12-17(27)13-28/h3-7,10,17,20,25,28H,8-9,11-13H2,1-2H3,(H,24,29). The van der Waals surface area contributed by atoms with E-state index in [4.69, 9.17) is 0 Å². The van der Waals surface area contributed by atoms with Crippen molar-refractivity contribution in [3.05, 3.63) is 53.3 Å². The van der Waals surface area contributed by atoms with Gasteiger partial charge in [-0.15, -0.1) is 0 Å². The minimum atomic E-state index is -0.502. The molecule has 154 valence electrons. The zero-order chi connectivity index (χ0) is 20.5. The fourth-order valence-electron chi connectivity index (χ4n) is 4.23. The Hall–Kier alpha value is -2.64. The van der Waals surface area contributed by atoms with Crippen LogP contribution < -0.4 is 15.5 Å². The molecule has 0 saturated carbocycles. The van der Waals surface area contributed by atoms with E-state index in [2.05, 4.69) is 20.4 Å². The molecular weight excluding hydrogens is 371 g/mol. The van der Waals surface area contributed by atoms with Crippen molar-refractivity contribution in [3.8, 4) is 0 Å². The number of amides is 1. The van der Waals surface area contributed by atoms with Gasteiger partial charge in [-0.2, -0.15) is 0 Å². The van der Waals surface area contributed by atoms with Crippen LogP contribution in [0.25, 0.3) is 0 Å². The third-order valence-corrected chi connectivity index (χ3v) is 5.85. The van der Waals surface area contributed by atoms with Crippen molar-refractivity contribution in [3.63, 3.8) is 0 Å². The molecule has 7 heteroatoms. The van der Waals surface area contributed by atoms with E-state index in [1.165, 1.54) is 6.07 Å². The highest BCUT2D eigenvalue weighted by Gasteiger charge is 2.30. The van der Waals surface area contributed by atoms with Crippen molar-refractivity contribution in [1.29, 1.82) is 0 Å². The quantitative estimate of drug-likeness (QED) is 0.737. The summed E-state index contributed by atoms with van der Waals surface area (Å²) in [5.41, 5.74) is 3.89. The Balaban J connectivity index is 1.47. The summed E-state index contributed by atoms with van der Waals surface area (Å²) < 4.78 is 14.1. The second kappa shape index (κ2) is 8.00. The summed E-state index contributed by atoms with van der Waals surface area (Å²) in [7, 11) is 2.05. The SMILES string of the molecule is Cc1ccc(F)c2c1NC(C(=O)Nc1cccc(N3CCN(C)CC3CO)c1)C2. The number of halogens is 1. The molecule has 2 aromatic rings. The van der Waals surface area contributed by atoms with Crippen LogP contribution in [-0.2, 0) is 11.2 Å². The summed E-state index contributed by atoms with van der Waals surface area (Å²) in [6.45, 7) is 4.51. The summed E-state index contributed by atoms with van der Waals surface area (Å²) in [6, 6.07) is 10.4. The Morgan fingerprint density at radius 3 is 2.90 bits per heavy atom. The van der Waals surface area contributed by atoms with Gasteiger partial charge in [-0.1, -0.05) is 12.1 Å². The van der Waals surface area contributed by atoms with Crippen LogP contribution in [0.3, 0.4) is 0 Å². The van der Waals surface area contributed by atoms with Gasteiger partial charge in [-0.3, -0.25) is 4.79 Å². The number of fused-ring (bicyclic) bond motifs is 1. The lowest BCUT2D eigenvalue weighted by Gasteiger charge is -2.40. The Morgan fingerprint density at radius 2 is 2.14 bits per heavy atom. The molecule has 2 aromatic carbocycles. The summed E-state index contributed by atoms with van der Waals surface area (Å²) in [4.78, 5) is 17.2. The summed E-state index contributed by atoms with van der Waals surface area (Å²) in [5.74, 6) is -0.463. The number of nitrogens with zero attached hydrogens (tertiary/aromatic N) is 2. The van der Waals surface area contributed by atoms with Gasteiger partial charge in [0.25, 0.3) is 0 Å². The Bertz CT molecular complexity index is 889. The van der Waals surface area contributed by atoms with E-state index >= 15 is 0 Å². The van der Waals surface area contributed by atoms with E-state index in [0.29, 0.717) is 17.7 Å². The third-order valence-electron chi connectivity index (χ3n) is 5.85. The van der Waals surface area contributed by atoms with Crippen LogP contribution in [0.15, 0.2) is 36.4 Å². The van der Waals surface area contributed by atoms with Crippen molar-refractivity contribution >= 4 is 23.0 Å². The number of aliphatic hydroxyl groups is 1. The number of nitrogens with one attached hydrogen (secondary N) is 2. The number of hydrogen-bond donors (Lipinski definition) is 3. The predicted octanol–water partition coefficient (Wildman–Crippen LogP) is 2.22. The molecule has 0 radical (unpaired) electrons. The van der Waals surface area contributed by atoms with Crippen LogP contribution in [-0.4, -0.2) is 61.3 Å². The van der Waals surface area contributed by atoms with Gasteiger partial charge in [0.05, 0.1) is 12.6 Å². The van der Waals surface area contributed by atoms with E-state index in [9.17, 15) is 14.3 Å². The maximum Gasteiger partial charge on any atom is 0.247 e. The zero-order valence-electron chi connectivity index (χ0n) is 16.8. The molecule has 2 atom stereocenters. The number of benzene rings is 2. The molecule has 2 heterocycles. The number of aliphatic hydroxyl groups excluding tert-OH is 1. The molecule has 2 unspecified atom stereocenters. The summed E-state index contributed by atoms with van der Waals surface area (Å²) in [5, 5.41) is 15.9. The van der Waals surface area contributed by atoms with Crippen molar-refractivity contribution in [2.75, 3.05) is 48.8 Å². The molecule has 0 aliphatic carbocycles. The first-order chi connectivity index (χ1) is 14.0. The van der Waals surface area contributed by atoms with E-state index in [1.807, 2.05) is 38.2 Å². The molecule has 6 nitrogen and oxygen atoms in total. The summed E-state index contributed by atoms with van der Waals surface area (Å²) in [6.07, 6.45) is 0.333. The molecule has 2 aliphatic rings. The highest BCUT2D eigenvalue weighted by Crippen LogP contribution is 2.32. The van der Waals surface area contributed by atoms with Crippen LogP contribution in [0.2, 0.25) is 0 Å². The van der Waals surface area contributed by atoms with E-state index in [-0.39, 0.29) is 24.4 Å². The fraction of sp³-hybridized carbons (Fsp3) is 0.409. The minimum absolute atomic E-state index is 0.0247. The van der Waals surface area contributed by atoms with Crippen molar-refractivity contribution in [1.82, 2.24) is 4.90 Å². The molecule has 1 fully saturated rings. The van der Waals surface area contributed by atoms with Crippen molar-refractivity contribution in [2.24, 2.45) is 0 Å². The van der Waals surface area contributed by atoms with Crippen LogP contribution in [0.1, 0.15) is 11.1 Å². The molecule has 0 aromatic heterocycles. The molecule has 2 aliphatic heterocycles. The lowest BCUT2D eigenvalue weighted by atomic mass is 10.1. The molecule has 4 rings (SSSR count). The van der Waals surface area contributed by atoms with Gasteiger partial charge in [0.15, 0.2) is 0 Å². The Labute approximate surface area is 170 Å². The number of carbonyl (C=O) groups excluding carboxylic acids is 1. The highest BCUT2D eigenvalue weighted by molar-refractivity contribution is 5.98. The molecule has 1 saturated heterocycles. The highest BCUT2D eigenvalue weighted by atomic mass is 19.1. The van der Waals surface area contributed by atoms with E-state index in [0.717, 1.165) is 36.6 Å². The molecule has 29 heavy (non-hydrogen) atoms. The van der Waals surface area contributed by atoms with Crippen LogP contribution in [0, 0.1) is 12.7 Å². The first kappa shape index (κ1) is 19.7. The van der Waals surface area contributed by atoms with E-state index in [1.54, 1.807) is 6.07 Å². The largest absolute Gasteiger partial charge is 0.394 e. The normalized spacial score (nSPS) is 21.6. The van der Waals surface area contributed by atoms with Gasteiger partial charge in [0, 0.05) is 48.7 Å². The maximum atomic E-state index is 14.1. The molecule has 3 N–H and O–H groups in total. The van der Waals surface area contributed by atoms with Crippen LogP contribution >= 0.6 is 0 Å². The summed E-state index contributed by atoms with van der Waals surface area (Å²) >= 11 is 0. The average Bonchev–Trinajstić information content (AvgIpc) is 3.18. The first-order valence-electron chi connectivity index (χ1n) is 9.97. The topological polar surface area (TPSA) is 67.8 Å². The monoisotopic (exact) mass is 398 g/mol. The van der Waals surface area contributed by atoms with Gasteiger partial charge < -0.3 is 25.5 Å². The number of piperazine rings is 1.